The van der Waals surface area contributed by atoms with Gasteiger partial charge in [0.15, 0.2) is 0 Å². The van der Waals surface area contributed by atoms with Gasteiger partial charge in [-0.3, -0.25) is 9.59 Å². The van der Waals surface area contributed by atoms with Gasteiger partial charge in [0.2, 0.25) is 5.91 Å². The van der Waals surface area contributed by atoms with Crippen molar-refractivity contribution < 1.29 is 14.7 Å². The van der Waals surface area contributed by atoms with Crippen molar-refractivity contribution in [2.24, 2.45) is 5.92 Å². The van der Waals surface area contributed by atoms with Crippen LogP contribution in [0.25, 0.3) is 0 Å². The minimum atomic E-state index is 0.0282. The Morgan fingerprint density at radius 1 is 1.36 bits per heavy atom. The first-order valence-corrected chi connectivity index (χ1v) is 7.89. The highest BCUT2D eigenvalue weighted by Crippen LogP contribution is 2.28. The molecule has 2 heterocycles. The lowest BCUT2D eigenvalue weighted by Crippen LogP contribution is -2.41. The second-order valence-corrected chi connectivity index (χ2v) is 6.24. The number of carbonyl (C=O) groups excluding carboxylic acids is 2. The molecule has 5 heteroatoms. The number of fused-ring (bicyclic) bond motifs is 1. The minimum absolute atomic E-state index is 0.0282. The van der Waals surface area contributed by atoms with Gasteiger partial charge in [0.05, 0.1) is 0 Å². The maximum atomic E-state index is 12.7. The third-order valence-corrected chi connectivity index (χ3v) is 4.73. The topological polar surface area (TPSA) is 60.9 Å². The maximum Gasteiger partial charge on any atom is 0.253 e. The van der Waals surface area contributed by atoms with Gasteiger partial charge in [0, 0.05) is 44.4 Å². The molecular weight excluding hydrogens is 280 g/mol. The van der Waals surface area contributed by atoms with Crippen LogP contribution in [-0.2, 0) is 11.2 Å². The summed E-state index contributed by atoms with van der Waals surface area (Å²) < 4.78 is 0. The van der Waals surface area contributed by atoms with E-state index < -0.39 is 0 Å². The van der Waals surface area contributed by atoms with E-state index in [1.54, 1.807) is 18.0 Å². The molecule has 0 aliphatic carbocycles. The average Bonchev–Trinajstić information content (AvgIpc) is 2.57. The molecule has 1 aromatic rings. The fourth-order valence-corrected chi connectivity index (χ4v) is 3.37. The Balaban J connectivity index is 1.80. The zero-order valence-corrected chi connectivity index (χ0v) is 12.9. The maximum absolute atomic E-state index is 12.7. The quantitative estimate of drug-likeness (QED) is 0.899. The monoisotopic (exact) mass is 302 g/mol. The fraction of sp³-hybridized carbons (Fsp3) is 0.529. The second kappa shape index (κ2) is 6.08. The zero-order valence-electron chi connectivity index (χ0n) is 12.9. The Bertz CT molecular complexity index is 600. The van der Waals surface area contributed by atoms with Gasteiger partial charge in [0.25, 0.3) is 5.91 Å². The largest absolute Gasteiger partial charge is 0.396 e. The van der Waals surface area contributed by atoms with Crippen molar-refractivity contribution in [1.82, 2.24) is 4.90 Å². The van der Waals surface area contributed by atoms with Crippen LogP contribution in [0.5, 0.6) is 0 Å². The van der Waals surface area contributed by atoms with Crippen molar-refractivity contribution in [2.75, 3.05) is 31.6 Å². The number of aryl methyl sites for hydroxylation is 1. The van der Waals surface area contributed by atoms with E-state index in [1.807, 2.05) is 17.0 Å². The second-order valence-electron chi connectivity index (χ2n) is 6.24. The Morgan fingerprint density at radius 2 is 2.18 bits per heavy atom. The first kappa shape index (κ1) is 15.0. The molecule has 1 fully saturated rings. The van der Waals surface area contributed by atoms with E-state index in [9.17, 15) is 14.7 Å². The summed E-state index contributed by atoms with van der Waals surface area (Å²) in [5.74, 6) is 0.341. The van der Waals surface area contributed by atoms with Gasteiger partial charge in [-0.1, -0.05) is 0 Å². The molecular formula is C17H22N2O3. The van der Waals surface area contributed by atoms with Crippen molar-refractivity contribution in [3.63, 3.8) is 0 Å². The van der Waals surface area contributed by atoms with E-state index in [2.05, 4.69) is 0 Å². The van der Waals surface area contributed by atoms with Crippen LogP contribution in [0, 0.1) is 5.92 Å². The summed E-state index contributed by atoms with van der Waals surface area (Å²) in [4.78, 5) is 27.9. The first-order chi connectivity index (χ1) is 10.6. The fourth-order valence-electron chi connectivity index (χ4n) is 3.37. The van der Waals surface area contributed by atoms with E-state index in [0.29, 0.717) is 24.9 Å². The van der Waals surface area contributed by atoms with Gasteiger partial charge < -0.3 is 14.9 Å². The van der Waals surface area contributed by atoms with Gasteiger partial charge in [0.1, 0.15) is 0 Å². The molecule has 22 heavy (non-hydrogen) atoms. The molecule has 0 bridgehead atoms. The number of aliphatic hydroxyl groups excluding tert-OH is 1. The lowest BCUT2D eigenvalue weighted by atomic mass is 9.96. The molecule has 0 aromatic heterocycles. The Morgan fingerprint density at radius 3 is 2.95 bits per heavy atom. The van der Waals surface area contributed by atoms with Gasteiger partial charge in [-0.25, -0.2) is 0 Å². The molecule has 0 radical (unpaired) electrons. The third kappa shape index (κ3) is 2.73. The molecule has 2 aliphatic rings. The standard InChI is InChI=1S/C17H22N2O3/c1-18-15-6-4-14(9-13(15)5-7-16(18)21)17(22)19-8-2-3-12(10-19)11-20/h4,6,9,12,20H,2-3,5,7-8,10-11H2,1H3. The molecule has 1 unspecified atom stereocenters. The molecule has 118 valence electrons. The number of likely N-dealkylation sites (tertiary alicyclic amines) is 1. The predicted octanol–water partition coefficient (Wildman–Crippen LogP) is 1.44. The Kier molecular flexibility index (Phi) is 4.16. The SMILES string of the molecule is CN1C(=O)CCc2cc(C(=O)N3CCCC(CO)C3)ccc21. The summed E-state index contributed by atoms with van der Waals surface area (Å²) in [7, 11) is 1.78. The summed E-state index contributed by atoms with van der Waals surface area (Å²) in [6.45, 7) is 1.52. The van der Waals surface area contributed by atoms with Crippen LogP contribution in [0.4, 0.5) is 5.69 Å². The van der Waals surface area contributed by atoms with E-state index in [1.165, 1.54) is 0 Å². The third-order valence-electron chi connectivity index (χ3n) is 4.73. The van der Waals surface area contributed by atoms with Crippen LogP contribution in [0.15, 0.2) is 18.2 Å². The van der Waals surface area contributed by atoms with Crippen LogP contribution in [0.1, 0.15) is 35.2 Å². The summed E-state index contributed by atoms with van der Waals surface area (Å²) >= 11 is 0. The number of piperidine rings is 1. The van der Waals surface area contributed by atoms with E-state index in [-0.39, 0.29) is 24.3 Å². The number of carbonyl (C=O) groups is 2. The van der Waals surface area contributed by atoms with E-state index in [4.69, 9.17) is 0 Å². The molecule has 3 rings (SSSR count). The Labute approximate surface area is 130 Å². The smallest absolute Gasteiger partial charge is 0.253 e. The van der Waals surface area contributed by atoms with Crippen molar-refractivity contribution in [1.29, 1.82) is 0 Å². The number of aliphatic hydroxyl groups is 1. The summed E-state index contributed by atoms with van der Waals surface area (Å²) in [6, 6.07) is 5.59. The first-order valence-electron chi connectivity index (χ1n) is 7.89. The van der Waals surface area contributed by atoms with Crippen LogP contribution >= 0.6 is 0 Å². The predicted molar refractivity (Wildman–Crippen MR) is 83.9 cm³/mol. The molecule has 2 aliphatic heterocycles. The molecule has 0 saturated carbocycles. The van der Waals surface area contributed by atoms with Gasteiger partial charge >= 0.3 is 0 Å². The highest BCUT2D eigenvalue weighted by Gasteiger charge is 2.26. The van der Waals surface area contributed by atoms with Gasteiger partial charge in [-0.05, 0) is 48.9 Å². The number of benzene rings is 1. The molecule has 0 spiro atoms. The number of hydrogen-bond acceptors (Lipinski definition) is 3. The molecule has 1 saturated heterocycles. The zero-order chi connectivity index (χ0) is 15.7. The number of nitrogens with zero attached hydrogens (tertiary/aromatic N) is 2. The highest BCUT2D eigenvalue weighted by atomic mass is 16.3. The lowest BCUT2D eigenvalue weighted by Gasteiger charge is -2.32. The highest BCUT2D eigenvalue weighted by molar-refractivity contribution is 5.99. The van der Waals surface area contributed by atoms with Crippen LogP contribution < -0.4 is 4.90 Å². The molecule has 1 N–H and O–H groups in total. The molecule has 5 nitrogen and oxygen atoms in total. The summed E-state index contributed by atoms with van der Waals surface area (Å²) in [5, 5.41) is 9.30. The van der Waals surface area contributed by atoms with E-state index >= 15 is 0 Å². The van der Waals surface area contributed by atoms with Crippen LogP contribution in [0.3, 0.4) is 0 Å². The van der Waals surface area contributed by atoms with Crippen LogP contribution in [-0.4, -0.2) is 48.6 Å². The summed E-state index contributed by atoms with van der Waals surface area (Å²) in [6.07, 6.45) is 3.12. The Hall–Kier alpha value is -1.88. The van der Waals surface area contributed by atoms with Crippen molar-refractivity contribution in [3.8, 4) is 0 Å². The molecule has 2 amide bonds. The van der Waals surface area contributed by atoms with E-state index in [0.717, 1.165) is 30.6 Å². The van der Waals surface area contributed by atoms with Crippen molar-refractivity contribution in [3.05, 3.63) is 29.3 Å². The van der Waals surface area contributed by atoms with Crippen molar-refractivity contribution in [2.45, 2.75) is 25.7 Å². The van der Waals surface area contributed by atoms with Gasteiger partial charge in [-0.15, -0.1) is 0 Å². The molecule has 1 atom stereocenters. The number of rotatable bonds is 2. The normalized spacial score (nSPS) is 21.7. The van der Waals surface area contributed by atoms with Crippen molar-refractivity contribution >= 4 is 17.5 Å². The lowest BCUT2D eigenvalue weighted by molar-refractivity contribution is -0.118. The number of amides is 2. The summed E-state index contributed by atoms with van der Waals surface area (Å²) in [5.41, 5.74) is 2.64. The number of anilines is 1. The average molecular weight is 302 g/mol. The molecule has 1 aromatic carbocycles. The van der Waals surface area contributed by atoms with Gasteiger partial charge in [-0.2, -0.15) is 0 Å². The van der Waals surface area contributed by atoms with Crippen LogP contribution in [0.2, 0.25) is 0 Å². The minimum Gasteiger partial charge on any atom is -0.396 e. The number of hydrogen-bond donors (Lipinski definition) is 1.